The van der Waals surface area contributed by atoms with Crippen LogP contribution in [-0.4, -0.2) is 28.1 Å². The van der Waals surface area contributed by atoms with Crippen LogP contribution < -0.4 is 4.90 Å². The van der Waals surface area contributed by atoms with Crippen LogP contribution in [0.2, 0.25) is 0 Å². The van der Waals surface area contributed by atoms with Gasteiger partial charge in [-0.15, -0.1) is 0 Å². The second kappa shape index (κ2) is 4.61. The smallest absolute Gasteiger partial charge is 0.148 e. The molecule has 5 nitrogen and oxygen atoms in total. The van der Waals surface area contributed by atoms with Crippen LogP contribution in [0.3, 0.4) is 0 Å². The molecule has 5 heteroatoms. The van der Waals surface area contributed by atoms with Crippen molar-refractivity contribution in [3.05, 3.63) is 47.8 Å². The normalized spacial score (nSPS) is 15.1. The van der Waals surface area contributed by atoms with E-state index in [-0.39, 0.29) is 5.75 Å². The summed E-state index contributed by atoms with van der Waals surface area (Å²) >= 11 is 0. The Kier molecular flexibility index (Phi) is 2.79. The van der Waals surface area contributed by atoms with Gasteiger partial charge in [0.25, 0.3) is 0 Å². The van der Waals surface area contributed by atoms with Gasteiger partial charge in [0.2, 0.25) is 0 Å². The molecule has 0 amide bonds. The Labute approximate surface area is 110 Å². The summed E-state index contributed by atoms with van der Waals surface area (Å²) in [6.07, 6.45) is 3.27. The van der Waals surface area contributed by atoms with Crippen LogP contribution in [0.4, 0.5) is 5.69 Å². The highest BCUT2D eigenvalue weighted by molar-refractivity contribution is 5.95. The first kappa shape index (κ1) is 11.5. The van der Waals surface area contributed by atoms with E-state index in [1.807, 2.05) is 18.2 Å². The molecule has 19 heavy (non-hydrogen) atoms. The van der Waals surface area contributed by atoms with Gasteiger partial charge >= 0.3 is 0 Å². The number of hydrogen-bond donors (Lipinski definition) is 2. The third-order valence-electron chi connectivity index (χ3n) is 3.24. The molecule has 1 aliphatic rings. The predicted molar refractivity (Wildman–Crippen MR) is 71.6 cm³/mol. The van der Waals surface area contributed by atoms with Crippen molar-refractivity contribution in [2.75, 3.05) is 11.4 Å². The lowest BCUT2D eigenvalue weighted by Gasteiger charge is -2.21. The minimum atomic E-state index is 0.227. The van der Waals surface area contributed by atoms with Crippen LogP contribution >= 0.6 is 0 Å². The second-order valence-corrected chi connectivity index (χ2v) is 4.38. The van der Waals surface area contributed by atoms with Crippen LogP contribution in [0.1, 0.15) is 12.1 Å². The monoisotopic (exact) mass is 255 g/mol. The van der Waals surface area contributed by atoms with Crippen LogP contribution in [0, 0.1) is 0 Å². The number of aromatic amines is 1. The summed E-state index contributed by atoms with van der Waals surface area (Å²) in [7, 11) is 0. The molecular formula is C14H13N3O2. The predicted octanol–water partition coefficient (Wildman–Crippen LogP) is 1.94. The molecule has 1 aromatic carbocycles. The molecule has 0 unspecified atom stereocenters. The van der Waals surface area contributed by atoms with Gasteiger partial charge in [-0.05, 0) is 36.8 Å². The molecule has 0 radical (unpaired) electrons. The van der Waals surface area contributed by atoms with Gasteiger partial charge in [0.05, 0.1) is 11.4 Å². The lowest BCUT2D eigenvalue weighted by Crippen LogP contribution is -2.17. The number of hydrogen-bond acceptors (Lipinski definition) is 4. The number of aromatic hydroxyl groups is 1. The number of carbonyl (C=O) groups excluding carboxylic acids is 1. The Bertz CT molecular complexity index is 615. The summed E-state index contributed by atoms with van der Waals surface area (Å²) in [6.45, 7) is 0.743. The molecule has 96 valence electrons. The quantitative estimate of drug-likeness (QED) is 0.822. The number of H-pyrrole nitrogens is 1. The lowest BCUT2D eigenvalue weighted by atomic mass is 10.1. The topological polar surface area (TPSA) is 69.2 Å². The zero-order chi connectivity index (χ0) is 13.2. The van der Waals surface area contributed by atoms with Crippen molar-refractivity contribution in [1.82, 2.24) is 10.2 Å². The highest BCUT2D eigenvalue weighted by Crippen LogP contribution is 2.34. The number of rotatable bonds is 3. The maximum atomic E-state index is 11.2. The minimum Gasteiger partial charge on any atom is -0.508 e. The Balaban J connectivity index is 2.05. The Hall–Kier alpha value is -2.56. The van der Waals surface area contributed by atoms with Crippen molar-refractivity contribution in [1.29, 1.82) is 0 Å². The number of phenols is 1. The summed E-state index contributed by atoms with van der Waals surface area (Å²) in [4.78, 5) is 13.2. The second-order valence-electron chi connectivity index (χ2n) is 4.38. The molecule has 1 aromatic heterocycles. The largest absolute Gasteiger partial charge is 0.508 e. The zero-order valence-electron chi connectivity index (χ0n) is 10.2. The molecule has 2 heterocycles. The van der Waals surface area contributed by atoms with Crippen LogP contribution in [-0.2, 0) is 4.79 Å². The third kappa shape index (κ3) is 1.99. The Morgan fingerprint density at radius 3 is 2.68 bits per heavy atom. The van der Waals surface area contributed by atoms with E-state index in [0.717, 1.165) is 35.5 Å². The molecule has 0 aliphatic carbocycles. The molecule has 0 saturated heterocycles. The van der Waals surface area contributed by atoms with E-state index < -0.39 is 0 Å². The summed E-state index contributed by atoms with van der Waals surface area (Å²) in [6, 6.07) is 8.79. The zero-order valence-corrected chi connectivity index (χ0v) is 10.2. The van der Waals surface area contributed by atoms with Gasteiger partial charge in [0.1, 0.15) is 12.0 Å². The van der Waals surface area contributed by atoms with Crippen molar-refractivity contribution in [2.45, 2.75) is 6.42 Å². The highest BCUT2D eigenvalue weighted by atomic mass is 16.3. The molecule has 1 aliphatic heterocycles. The van der Waals surface area contributed by atoms with Gasteiger partial charge in [0, 0.05) is 24.0 Å². The molecule has 0 saturated carbocycles. The maximum absolute atomic E-state index is 11.2. The summed E-state index contributed by atoms with van der Waals surface area (Å²) in [5, 5.41) is 16.2. The van der Waals surface area contributed by atoms with Crippen molar-refractivity contribution in [2.24, 2.45) is 0 Å². The number of aldehydes is 1. The SMILES string of the molecule is O=CC1=C(c2ccn[nH]2)N(c2ccc(O)cc2)CC1. The van der Waals surface area contributed by atoms with E-state index >= 15 is 0 Å². The van der Waals surface area contributed by atoms with Crippen molar-refractivity contribution < 1.29 is 9.90 Å². The van der Waals surface area contributed by atoms with Crippen LogP contribution in [0.25, 0.3) is 5.70 Å². The van der Waals surface area contributed by atoms with Gasteiger partial charge in [-0.3, -0.25) is 9.89 Å². The van der Waals surface area contributed by atoms with Crippen molar-refractivity contribution in [3.8, 4) is 5.75 Å². The van der Waals surface area contributed by atoms with Crippen molar-refractivity contribution in [3.63, 3.8) is 0 Å². The molecule has 2 aromatic rings. The Morgan fingerprint density at radius 1 is 1.26 bits per heavy atom. The molecule has 0 spiro atoms. The number of benzene rings is 1. The first-order valence-electron chi connectivity index (χ1n) is 6.04. The molecule has 0 fully saturated rings. The lowest BCUT2D eigenvalue weighted by molar-refractivity contribution is -0.104. The molecule has 0 bridgehead atoms. The first-order valence-corrected chi connectivity index (χ1v) is 6.04. The van der Waals surface area contributed by atoms with Gasteiger partial charge < -0.3 is 10.0 Å². The van der Waals surface area contributed by atoms with E-state index in [2.05, 4.69) is 15.1 Å². The fourth-order valence-corrected chi connectivity index (χ4v) is 2.35. The number of nitrogens with zero attached hydrogens (tertiary/aromatic N) is 2. The fraction of sp³-hybridized carbons (Fsp3) is 0.143. The summed E-state index contributed by atoms with van der Waals surface area (Å²) in [5.41, 5.74) is 3.39. The number of carbonyl (C=O) groups is 1. The van der Waals surface area contributed by atoms with Gasteiger partial charge in [0.15, 0.2) is 0 Å². The number of anilines is 1. The van der Waals surface area contributed by atoms with E-state index in [4.69, 9.17) is 0 Å². The average molecular weight is 255 g/mol. The molecule has 0 atom stereocenters. The average Bonchev–Trinajstić information content (AvgIpc) is 3.07. The Morgan fingerprint density at radius 2 is 2.05 bits per heavy atom. The van der Waals surface area contributed by atoms with Crippen molar-refractivity contribution >= 4 is 17.7 Å². The number of phenolic OH excluding ortho intramolecular Hbond substituents is 1. The molecular weight excluding hydrogens is 242 g/mol. The number of aromatic nitrogens is 2. The third-order valence-corrected chi connectivity index (χ3v) is 3.24. The number of nitrogens with one attached hydrogen (secondary N) is 1. The van der Waals surface area contributed by atoms with E-state index in [1.165, 1.54) is 0 Å². The fourth-order valence-electron chi connectivity index (χ4n) is 2.35. The molecule has 3 rings (SSSR count). The maximum Gasteiger partial charge on any atom is 0.148 e. The van der Waals surface area contributed by atoms with Gasteiger partial charge in [-0.25, -0.2) is 0 Å². The van der Waals surface area contributed by atoms with Crippen LogP contribution in [0.5, 0.6) is 5.75 Å². The first-order chi connectivity index (χ1) is 9.29. The summed E-state index contributed by atoms with van der Waals surface area (Å²) in [5.74, 6) is 0.227. The standard InChI is InChI=1S/C14H13N3O2/c18-9-10-6-8-17(11-1-3-12(19)4-2-11)14(10)13-5-7-15-16-13/h1-5,7,9,19H,6,8H2,(H,15,16). The minimum absolute atomic E-state index is 0.227. The van der Waals surface area contributed by atoms with E-state index in [1.54, 1.807) is 18.3 Å². The molecule has 2 N–H and O–H groups in total. The van der Waals surface area contributed by atoms with E-state index in [0.29, 0.717) is 6.42 Å². The van der Waals surface area contributed by atoms with Gasteiger partial charge in [-0.2, -0.15) is 5.10 Å². The highest BCUT2D eigenvalue weighted by Gasteiger charge is 2.25. The van der Waals surface area contributed by atoms with E-state index in [9.17, 15) is 9.90 Å². The summed E-state index contributed by atoms with van der Waals surface area (Å²) < 4.78 is 0. The van der Waals surface area contributed by atoms with Gasteiger partial charge in [-0.1, -0.05) is 0 Å². The van der Waals surface area contributed by atoms with Crippen LogP contribution in [0.15, 0.2) is 42.1 Å².